The van der Waals surface area contributed by atoms with Gasteiger partial charge in [-0.3, -0.25) is 0 Å². The summed E-state index contributed by atoms with van der Waals surface area (Å²) >= 11 is 0. The normalized spacial score (nSPS) is 11.0. The first-order valence-electron chi connectivity index (χ1n) is 9.73. The van der Waals surface area contributed by atoms with Crippen LogP contribution >= 0.6 is 0 Å². The number of halogens is 1. The zero-order chi connectivity index (χ0) is 17.6. The van der Waals surface area contributed by atoms with Gasteiger partial charge in [0.25, 0.3) is 0 Å². The maximum absolute atomic E-state index is 14.1. The number of aromatic amines is 1. The second-order valence-corrected chi connectivity index (χ2v) is 6.51. The maximum Gasteiger partial charge on any atom is 0.357 e. The van der Waals surface area contributed by atoms with Crippen LogP contribution in [0.3, 0.4) is 0 Å². The SMILES string of the molecule is CCCCCCCCCCCCCc1c[nH]c(C(=O)OCC)c1F. The molecule has 4 heteroatoms. The quantitative estimate of drug-likeness (QED) is 0.324. The Labute approximate surface area is 146 Å². The van der Waals surface area contributed by atoms with Crippen LogP contribution in [0.4, 0.5) is 4.39 Å². The van der Waals surface area contributed by atoms with Crippen LogP contribution in [0.5, 0.6) is 0 Å². The third kappa shape index (κ3) is 7.98. The Morgan fingerprint density at radius 1 is 0.958 bits per heavy atom. The molecule has 0 bridgehead atoms. The number of hydrogen-bond acceptors (Lipinski definition) is 2. The highest BCUT2D eigenvalue weighted by molar-refractivity contribution is 5.88. The van der Waals surface area contributed by atoms with Gasteiger partial charge in [0.05, 0.1) is 6.61 Å². The molecule has 0 fully saturated rings. The van der Waals surface area contributed by atoms with Gasteiger partial charge in [-0.1, -0.05) is 71.1 Å². The van der Waals surface area contributed by atoms with E-state index in [9.17, 15) is 9.18 Å². The number of rotatable bonds is 14. The molecule has 0 aliphatic rings. The van der Waals surface area contributed by atoms with Crippen molar-refractivity contribution in [3.63, 3.8) is 0 Å². The van der Waals surface area contributed by atoms with Crippen molar-refractivity contribution in [3.8, 4) is 0 Å². The lowest BCUT2D eigenvalue weighted by Gasteiger charge is -2.03. The fourth-order valence-electron chi connectivity index (χ4n) is 2.96. The second-order valence-electron chi connectivity index (χ2n) is 6.51. The monoisotopic (exact) mass is 339 g/mol. The molecule has 0 unspecified atom stereocenters. The van der Waals surface area contributed by atoms with Crippen LogP contribution in [0.15, 0.2) is 6.20 Å². The molecule has 0 saturated heterocycles. The minimum atomic E-state index is -0.611. The lowest BCUT2D eigenvalue weighted by Crippen LogP contribution is -2.07. The van der Waals surface area contributed by atoms with Gasteiger partial charge < -0.3 is 9.72 Å². The lowest BCUT2D eigenvalue weighted by atomic mass is 10.0. The van der Waals surface area contributed by atoms with Crippen molar-refractivity contribution in [2.45, 2.75) is 90.9 Å². The molecule has 0 spiro atoms. The molecule has 3 nitrogen and oxygen atoms in total. The van der Waals surface area contributed by atoms with Crippen molar-refractivity contribution in [1.82, 2.24) is 4.98 Å². The smallest absolute Gasteiger partial charge is 0.357 e. The number of carbonyl (C=O) groups is 1. The summed E-state index contributed by atoms with van der Waals surface area (Å²) in [5, 5.41) is 0. The predicted octanol–water partition coefficient (Wildman–Crippen LogP) is 6.18. The van der Waals surface area contributed by atoms with E-state index in [-0.39, 0.29) is 12.3 Å². The number of unbranched alkanes of at least 4 members (excludes halogenated alkanes) is 10. The first-order chi connectivity index (χ1) is 11.7. The van der Waals surface area contributed by atoms with E-state index in [1.54, 1.807) is 13.1 Å². The van der Waals surface area contributed by atoms with E-state index in [1.807, 2.05) is 0 Å². The Morgan fingerprint density at radius 3 is 2.04 bits per heavy atom. The van der Waals surface area contributed by atoms with E-state index < -0.39 is 11.8 Å². The van der Waals surface area contributed by atoms with Crippen LogP contribution in [-0.2, 0) is 11.2 Å². The lowest BCUT2D eigenvalue weighted by molar-refractivity contribution is 0.0514. The molecule has 0 atom stereocenters. The second kappa shape index (κ2) is 13.0. The fraction of sp³-hybridized carbons (Fsp3) is 0.750. The van der Waals surface area contributed by atoms with Crippen molar-refractivity contribution in [1.29, 1.82) is 0 Å². The number of H-pyrrole nitrogens is 1. The van der Waals surface area contributed by atoms with Gasteiger partial charge in [0.15, 0.2) is 11.5 Å². The van der Waals surface area contributed by atoms with Gasteiger partial charge in [-0.05, 0) is 19.8 Å². The zero-order valence-corrected chi connectivity index (χ0v) is 15.5. The predicted molar refractivity (Wildman–Crippen MR) is 96.9 cm³/mol. The summed E-state index contributed by atoms with van der Waals surface area (Å²) in [6.45, 7) is 4.22. The molecule has 1 N–H and O–H groups in total. The fourth-order valence-corrected chi connectivity index (χ4v) is 2.96. The Balaban J connectivity index is 2.06. The minimum Gasteiger partial charge on any atom is -0.461 e. The van der Waals surface area contributed by atoms with Crippen LogP contribution < -0.4 is 0 Å². The van der Waals surface area contributed by atoms with E-state index in [1.165, 1.54) is 57.8 Å². The van der Waals surface area contributed by atoms with Crippen molar-refractivity contribution in [2.75, 3.05) is 6.61 Å². The summed E-state index contributed by atoms with van der Waals surface area (Å²) in [5.74, 6) is -1.05. The highest BCUT2D eigenvalue weighted by Crippen LogP contribution is 2.17. The van der Waals surface area contributed by atoms with Crippen molar-refractivity contribution < 1.29 is 13.9 Å². The molecular weight excluding hydrogens is 305 g/mol. The first-order valence-corrected chi connectivity index (χ1v) is 9.73. The molecule has 1 heterocycles. The number of carbonyl (C=O) groups excluding carboxylic acids is 1. The summed E-state index contributed by atoms with van der Waals surface area (Å²) in [4.78, 5) is 14.2. The van der Waals surface area contributed by atoms with Gasteiger partial charge in [0, 0.05) is 11.8 Å². The van der Waals surface area contributed by atoms with Crippen LogP contribution in [0.25, 0.3) is 0 Å². The largest absolute Gasteiger partial charge is 0.461 e. The van der Waals surface area contributed by atoms with Gasteiger partial charge in [0.2, 0.25) is 0 Å². The molecule has 1 rings (SSSR count). The first kappa shape index (κ1) is 20.7. The molecule has 138 valence electrons. The third-order valence-electron chi connectivity index (χ3n) is 4.42. The van der Waals surface area contributed by atoms with Crippen LogP contribution in [0.1, 0.15) is 101 Å². The Bertz CT molecular complexity index is 456. The number of aromatic nitrogens is 1. The minimum absolute atomic E-state index is 0.0464. The van der Waals surface area contributed by atoms with E-state index in [4.69, 9.17) is 4.74 Å². The number of esters is 1. The molecular formula is C20H34FNO2. The van der Waals surface area contributed by atoms with Crippen LogP contribution in [0, 0.1) is 5.82 Å². The summed E-state index contributed by atoms with van der Waals surface area (Å²) in [6, 6.07) is 0. The standard InChI is InChI=1S/C20H34FNO2/c1-3-5-6-7-8-9-10-11-12-13-14-15-17-16-22-19(18(17)21)20(23)24-4-2/h16,22H,3-15H2,1-2H3. The molecule has 1 aromatic heterocycles. The van der Waals surface area contributed by atoms with E-state index in [0.29, 0.717) is 12.0 Å². The molecule has 0 amide bonds. The van der Waals surface area contributed by atoms with Gasteiger partial charge in [-0.2, -0.15) is 0 Å². The molecule has 0 aliphatic heterocycles. The molecule has 0 aromatic carbocycles. The topological polar surface area (TPSA) is 42.1 Å². The van der Waals surface area contributed by atoms with Gasteiger partial charge in [-0.25, -0.2) is 9.18 Å². The summed E-state index contributed by atoms with van der Waals surface area (Å²) in [6.07, 6.45) is 16.3. The van der Waals surface area contributed by atoms with Gasteiger partial charge >= 0.3 is 5.97 Å². The number of ether oxygens (including phenoxy) is 1. The Hall–Kier alpha value is -1.32. The van der Waals surface area contributed by atoms with E-state index >= 15 is 0 Å². The van der Waals surface area contributed by atoms with Gasteiger partial charge in [-0.15, -0.1) is 0 Å². The average molecular weight is 339 g/mol. The molecule has 24 heavy (non-hydrogen) atoms. The summed E-state index contributed by atoms with van der Waals surface area (Å²) < 4.78 is 18.9. The van der Waals surface area contributed by atoms with Crippen molar-refractivity contribution >= 4 is 5.97 Å². The van der Waals surface area contributed by atoms with Crippen LogP contribution in [0.2, 0.25) is 0 Å². The summed E-state index contributed by atoms with van der Waals surface area (Å²) in [5.41, 5.74) is 0.545. The van der Waals surface area contributed by atoms with E-state index in [0.717, 1.165) is 12.8 Å². The average Bonchev–Trinajstić information content (AvgIpc) is 2.94. The maximum atomic E-state index is 14.1. The Kier molecular flexibility index (Phi) is 11.2. The summed E-state index contributed by atoms with van der Waals surface area (Å²) in [7, 11) is 0. The highest BCUT2D eigenvalue weighted by Gasteiger charge is 2.18. The zero-order valence-electron chi connectivity index (χ0n) is 15.5. The third-order valence-corrected chi connectivity index (χ3v) is 4.42. The molecule has 1 aromatic rings. The van der Waals surface area contributed by atoms with Crippen LogP contribution in [-0.4, -0.2) is 17.6 Å². The highest BCUT2D eigenvalue weighted by atomic mass is 19.1. The van der Waals surface area contributed by atoms with Crippen molar-refractivity contribution in [3.05, 3.63) is 23.3 Å². The number of aryl methyl sites for hydroxylation is 1. The molecule has 0 aliphatic carbocycles. The van der Waals surface area contributed by atoms with E-state index in [2.05, 4.69) is 11.9 Å². The molecule has 0 radical (unpaired) electrons. The van der Waals surface area contributed by atoms with Gasteiger partial charge in [0.1, 0.15) is 0 Å². The number of nitrogens with one attached hydrogen (secondary N) is 1. The number of hydrogen-bond donors (Lipinski definition) is 1. The molecule has 0 saturated carbocycles. The Morgan fingerprint density at radius 2 is 1.50 bits per heavy atom. The van der Waals surface area contributed by atoms with Crippen molar-refractivity contribution in [2.24, 2.45) is 0 Å².